The van der Waals surface area contributed by atoms with E-state index < -0.39 is 0 Å². The first kappa shape index (κ1) is 17.9. The zero-order valence-electron chi connectivity index (χ0n) is 14.4. The first-order valence-electron chi connectivity index (χ1n) is 8.41. The molecule has 0 aliphatic heterocycles. The maximum Gasteiger partial charge on any atom is 0.0593 e. The standard InChI is InChI=1S/C17H36N2O/c1-6-16(3,4)15-8-10-17(14-18,11-9-15)19(5)12-13-20-7-2/h15H,6-14,18H2,1-5H3. The van der Waals surface area contributed by atoms with Crippen molar-refractivity contribution in [1.29, 1.82) is 0 Å². The Morgan fingerprint density at radius 2 is 1.85 bits per heavy atom. The number of hydrogen-bond donors (Lipinski definition) is 1. The second-order valence-electron chi connectivity index (χ2n) is 7.16. The fourth-order valence-electron chi connectivity index (χ4n) is 3.55. The van der Waals surface area contributed by atoms with Crippen LogP contribution in [0.1, 0.15) is 59.8 Å². The number of nitrogens with two attached hydrogens (primary N) is 1. The molecule has 1 aliphatic rings. The molecule has 0 radical (unpaired) electrons. The van der Waals surface area contributed by atoms with E-state index in [0.717, 1.165) is 32.2 Å². The van der Waals surface area contributed by atoms with Gasteiger partial charge < -0.3 is 10.5 Å². The van der Waals surface area contributed by atoms with Crippen LogP contribution in [-0.4, -0.2) is 43.8 Å². The van der Waals surface area contributed by atoms with Crippen LogP contribution < -0.4 is 5.73 Å². The molecule has 0 unspecified atom stereocenters. The van der Waals surface area contributed by atoms with Crippen molar-refractivity contribution >= 4 is 0 Å². The van der Waals surface area contributed by atoms with Gasteiger partial charge in [0, 0.05) is 25.2 Å². The molecular weight excluding hydrogens is 248 g/mol. The van der Waals surface area contributed by atoms with E-state index in [0.29, 0.717) is 5.41 Å². The van der Waals surface area contributed by atoms with Crippen molar-refractivity contribution in [1.82, 2.24) is 4.90 Å². The van der Waals surface area contributed by atoms with Gasteiger partial charge in [0.15, 0.2) is 0 Å². The SMILES string of the molecule is CCOCCN(C)C1(CN)CCC(C(C)(C)CC)CC1. The van der Waals surface area contributed by atoms with Crippen LogP contribution in [0.5, 0.6) is 0 Å². The molecule has 120 valence electrons. The van der Waals surface area contributed by atoms with Gasteiger partial charge in [-0.05, 0) is 51.0 Å². The largest absolute Gasteiger partial charge is 0.380 e. The molecule has 1 rings (SSSR count). The fourth-order valence-corrected chi connectivity index (χ4v) is 3.55. The minimum Gasteiger partial charge on any atom is -0.380 e. The summed E-state index contributed by atoms with van der Waals surface area (Å²) >= 11 is 0. The summed E-state index contributed by atoms with van der Waals surface area (Å²) in [5.74, 6) is 0.854. The normalized spacial score (nSPS) is 28.1. The minimum absolute atomic E-state index is 0.206. The van der Waals surface area contributed by atoms with Gasteiger partial charge >= 0.3 is 0 Å². The lowest BCUT2D eigenvalue weighted by molar-refractivity contribution is 0.0144. The van der Waals surface area contributed by atoms with Crippen molar-refractivity contribution in [2.45, 2.75) is 65.3 Å². The van der Waals surface area contributed by atoms with Gasteiger partial charge in [-0.2, -0.15) is 0 Å². The average Bonchev–Trinajstić information content (AvgIpc) is 2.47. The molecule has 1 aliphatic carbocycles. The maximum absolute atomic E-state index is 6.15. The molecule has 0 heterocycles. The molecule has 1 fully saturated rings. The molecule has 1 saturated carbocycles. The first-order valence-corrected chi connectivity index (χ1v) is 8.41. The summed E-state index contributed by atoms with van der Waals surface area (Å²) in [5, 5.41) is 0. The number of rotatable bonds is 8. The molecule has 0 amide bonds. The molecule has 3 nitrogen and oxygen atoms in total. The Hall–Kier alpha value is -0.120. The average molecular weight is 284 g/mol. The minimum atomic E-state index is 0.206. The summed E-state index contributed by atoms with van der Waals surface area (Å²) in [6.45, 7) is 12.6. The molecule has 3 heteroatoms. The summed E-state index contributed by atoms with van der Waals surface area (Å²) in [7, 11) is 2.22. The van der Waals surface area contributed by atoms with Crippen LogP contribution in [0.4, 0.5) is 0 Å². The monoisotopic (exact) mass is 284 g/mol. The van der Waals surface area contributed by atoms with Crippen LogP contribution in [0.2, 0.25) is 0 Å². The molecule has 0 saturated heterocycles. The Balaban J connectivity index is 2.57. The van der Waals surface area contributed by atoms with Gasteiger partial charge in [0.25, 0.3) is 0 Å². The van der Waals surface area contributed by atoms with Crippen molar-refractivity contribution < 1.29 is 4.74 Å². The predicted molar refractivity (Wildman–Crippen MR) is 86.9 cm³/mol. The second-order valence-corrected chi connectivity index (χ2v) is 7.16. The Labute approximate surface area is 126 Å². The maximum atomic E-state index is 6.15. The molecular formula is C17H36N2O. The Kier molecular flexibility index (Phi) is 6.96. The van der Waals surface area contributed by atoms with E-state index in [1.807, 2.05) is 0 Å². The van der Waals surface area contributed by atoms with Crippen LogP contribution in [0.3, 0.4) is 0 Å². The molecule has 0 bridgehead atoms. The Morgan fingerprint density at radius 3 is 2.30 bits per heavy atom. The number of ether oxygens (including phenoxy) is 1. The highest BCUT2D eigenvalue weighted by Crippen LogP contribution is 2.44. The summed E-state index contributed by atoms with van der Waals surface area (Å²) < 4.78 is 5.49. The van der Waals surface area contributed by atoms with Crippen LogP contribution in [0.15, 0.2) is 0 Å². The van der Waals surface area contributed by atoms with Gasteiger partial charge in [0.1, 0.15) is 0 Å². The highest BCUT2D eigenvalue weighted by atomic mass is 16.5. The van der Waals surface area contributed by atoms with E-state index in [1.165, 1.54) is 32.1 Å². The van der Waals surface area contributed by atoms with Gasteiger partial charge in [-0.1, -0.05) is 27.2 Å². The number of hydrogen-bond acceptors (Lipinski definition) is 3. The summed E-state index contributed by atoms with van der Waals surface area (Å²) in [5.41, 5.74) is 6.83. The Bertz CT molecular complexity index is 270. The molecule has 20 heavy (non-hydrogen) atoms. The molecule has 0 atom stereocenters. The van der Waals surface area contributed by atoms with Crippen LogP contribution in [0.25, 0.3) is 0 Å². The van der Waals surface area contributed by atoms with Gasteiger partial charge in [0.2, 0.25) is 0 Å². The summed E-state index contributed by atoms with van der Waals surface area (Å²) in [4.78, 5) is 2.46. The quantitative estimate of drug-likeness (QED) is 0.695. The van der Waals surface area contributed by atoms with E-state index in [1.54, 1.807) is 0 Å². The van der Waals surface area contributed by atoms with Crippen LogP contribution >= 0.6 is 0 Å². The highest BCUT2D eigenvalue weighted by Gasteiger charge is 2.40. The third-order valence-corrected chi connectivity index (χ3v) is 5.90. The summed E-state index contributed by atoms with van der Waals surface area (Å²) in [6.07, 6.45) is 6.38. The second kappa shape index (κ2) is 7.77. The molecule has 0 aromatic heterocycles. The lowest BCUT2D eigenvalue weighted by Gasteiger charge is -2.49. The molecule has 0 aromatic rings. The van der Waals surface area contributed by atoms with E-state index in [-0.39, 0.29) is 5.54 Å². The van der Waals surface area contributed by atoms with E-state index >= 15 is 0 Å². The van der Waals surface area contributed by atoms with Gasteiger partial charge in [-0.25, -0.2) is 0 Å². The zero-order valence-corrected chi connectivity index (χ0v) is 14.4. The Morgan fingerprint density at radius 1 is 1.25 bits per heavy atom. The van der Waals surface area contributed by atoms with Crippen molar-refractivity contribution in [2.24, 2.45) is 17.1 Å². The zero-order chi connectivity index (χ0) is 15.2. The topological polar surface area (TPSA) is 38.5 Å². The molecule has 2 N–H and O–H groups in total. The third kappa shape index (κ3) is 4.19. The van der Waals surface area contributed by atoms with Crippen LogP contribution in [0, 0.1) is 11.3 Å². The van der Waals surface area contributed by atoms with Crippen molar-refractivity contribution in [3.05, 3.63) is 0 Å². The smallest absolute Gasteiger partial charge is 0.0593 e. The highest BCUT2D eigenvalue weighted by molar-refractivity contribution is 4.97. The lowest BCUT2D eigenvalue weighted by Crippen LogP contribution is -2.55. The fraction of sp³-hybridized carbons (Fsp3) is 1.00. The predicted octanol–water partition coefficient (Wildman–Crippen LogP) is 3.28. The number of likely N-dealkylation sites (N-methyl/N-ethyl adjacent to an activating group) is 1. The number of nitrogens with zero attached hydrogens (tertiary/aromatic N) is 1. The van der Waals surface area contributed by atoms with Crippen molar-refractivity contribution in [3.63, 3.8) is 0 Å². The van der Waals surface area contributed by atoms with E-state index in [4.69, 9.17) is 10.5 Å². The van der Waals surface area contributed by atoms with E-state index in [9.17, 15) is 0 Å². The van der Waals surface area contributed by atoms with E-state index in [2.05, 4.69) is 39.6 Å². The van der Waals surface area contributed by atoms with Gasteiger partial charge in [0.05, 0.1) is 6.61 Å². The third-order valence-electron chi connectivity index (χ3n) is 5.90. The van der Waals surface area contributed by atoms with Crippen molar-refractivity contribution in [2.75, 3.05) is 33.4 Å². The van der Waals surface area contributed by atoms with Gasteiger partial charge in [-0.3, -0.25) is 4.90 Å². The van der Waals surface area contributed by atoms with Crippen molar-refractivity contribution in [3.8, 4) is 0 Å². The van der Waals surface area contributed by atoms with Crippen LogP contribution in [-0.2, 0) is 4.74 Å². The first-order chi connectivity index (χ1) is 9.41. The lowest BCUT2D eigenvalue weighted by atomic mass is 9.65. The summed E-state index contributed by atoms with van der Waals surface area (Å²) in [6, 6.07) is 0. The molecule has 0 spiro atoms. The van der Waals surface area contributed by atoms with Gasteiger partial charge in [-0.15, -0.1) is 0 Å². The molecule has 0 aromatic carbocycles.